The van der Waals surface area contributed by atoms with Gasteiger partial charge in [0.15, 0.2) is 0 Å². The van der Waals surface area contributed by atoms with Gasteiger partial charge in [-0.1, -0.05) is 0 Å². The molecule has 66 valence electrons. The zero-order valence-corrected chi connectivity index (χ0v) is 6.96. The van der Waals surface area contributed by atoms with Gasteiger partial charge >= 0.3 is 5.97 Å². The number of nitrogens with zero attached hydrogens (tertiary/aromatic N) is 1. The van der Waals surface area contributed by atoms with Crippen molar-refractivity contribution in [2.45, 2.75) is 6.92 Å². The number of ether oxygens (including phenoxy) is 1. The van der Waals surface area contributed by atoms with E-state index in [0.29, 0.717) is 0 Å². The lowest BCUT2D eigenvalue weighted by molar-refractivity contribution is -0.141. The SMILES string of the molecule is COC(=O)CNC(=O)C(C)C#N. The summed E-state index contributed by atoms with van der Waals surface area (Å²) < 4.78 is 4.28. The zero-order valence-electron chi connectivity index (χ0n) is 6.96. The average molecular weight is 170 g/mol. The average Bonchev–Trinajstić information content (AvgIpc) is 2.11. The third-order valence-electron chi connectivity index (χ3n) is 1.22. The highest BCUT2D eigenvalue weighted by Crippen LogP contribution is 1.89. The normalized spacial score (nSPS) is 11.1. The fraction of sp³-hybridized carbons (Fsp3) is 0.571. The molecule has 0 aliphatic rings. The molecule has 12 heavy (non-hydrogen) atoms. The van der Waals surface area contributed by atoms with Gasteiger partial charge in [0.2, 0.25) is 5.91 Å². The van der Waals surface area contributed by atoms with E-state index in [-0.39, 0.29) is 6.54 Å². The Kier molecular flexibility index (Phi) is 4.46. The van der Waals surface area contributed by atoms with Crippen LogP contribution in [0.25, 0.3) is 0 Å². The Balaban J connectivity index is 3.73. The lowest BCUT2D eigenvalue weighted by atomic mass is 10.2. The molecule has 0 aromatic rings. The highest BCUT2D eigenvalue weighted by molar-refractivity contribution is 5.84. The maximum atomic E-state index is 10.9. The van der Waals surface area contributed by atoms with Crippen molar-refractivity contribution >= 4 is 11.9 Å². The van der Waals surface area contributed by atoms with Crippen LogP contribution in [-0.4, -0.2) is 25.5 Å². The molecule has 1 N–H and O–H groups in total. The van der Waals surface area contributed by atoms with Crippen molar-refractivity contribution < 1.29 is 14.3 Å². The number of methoxy groups -OCH3 is 1. The van der Waals surface area contributed by atoms with Crippen molar-refractivity contribution in [1.29, 1.82) is 5.26 Å². The lowest BCUT2D eigenvalue weighted by Crippen LogP contribution is -2.33. The summed E-state index contributed by atoms with van der Waals surface area (Å²) in [5, 5.41) is 10.5. The van der Waals surface area contributed by atoms with Crippen LogP contribution in [0.3, 0.4) is 0 Å². The zero-order chi connectivity index (χ0) is 9.56. The Morgan fingerprint density at radius 2 is 2.25 bits per heavy atom. The molecular formula is C7H10N2O3. The van der Waals surface area contributed by atoms with E-state index in [2.05, 4.69) is 10.1 Å². The van der Waals surface area contributed by atoms with Crippen molar-refractivity contribution in [3.63, 3.8) is 0 Å². The van der Waals surface area contributed by atoms with Crippen molar-refractivity contribution in [3.8, 4) is 6.07 Å². The van der Waals surface area contributed by atoms with Gasteiger partial charge in [0.25, 0.3) is 0 Å². The summed E-state index contributed by atoms with van der Waals surface area (Å²) >= 11 is 0. The van der Waals surface area contributed by atoms with Crippen LogP contribution in [-0.2, 0) is 14.3 Å². The van der Waals surface area contributed by atoms with Gasteiger partial charge in [-0.2, -0.15) is 5.26 Å². The molecule has 0 saturated carbocycles. The van der Waals surface area contributed by atoms with E-state index in [9.17, 15) is 9.59 Å². The number of carbonyl (C=O) groups excluding carboxylic acids is 2. The summed E-state index contributed by atoms with van der Waals surface area (Å²) in [6.07, 6.45) is 0. The molecule has 0 bridgehead atoms. The summed E-state index contributed by atoms with van der Waals surface area (Å²) in [7, 11) is 1.22. The lowest BCUT2D eigenvalue weighted by Gasteiger charge is -2.03. The number of hydrogen-bond donors (Lipinski definition) is 1. The number of esters is 1. The van der Waals surface area contributed by atoms with Crippen LogP contribution in [0.4, 0.5) is 0 Å². The van der Waals surface area contributed by atoms with Gasteiger partial charge in [-0.05, 0) is 6.92 Å². The van der Waals surface area contributed by atoms with Crippen LogP contribution in [0.5, 0.6) is 0 Å². The second-order valence-corrected chi connectivity index (χ2v) is 2.14. The van der Waals surface area contributed by atoms with Gasteiger partial charge in [-0.15, -0.1) is 0 Å². The number of nitrogens with one attached hydrogen (secondary N) is 1. The largest absolute Gasteiger partial charge is 0.468 e. The predicted octanol–water partition coefficient (Wildman–Crippen LogP) is -0.565. The molecule has 0 rings (SSSR count). The van der Waals surface area contributed by atoms with Crippen LogP contribution in [0.2, 0.25) is 0 Å². The third kappa shape index (κ3) is 3.56. The predicted molar refractivity (Wildman–Crippen MR) is 39.8 cm³/mol. The molecular weight excluding hydrogens is 160 g/mol. The second-order valence-electron chi connectivity index (χ2n) is 2.14. The number of nitriles is 1. The van der Waals surface area contributed by atoms with E-state index in [1.165, 1.54) is 14.0 Å². The number of carbonyl (C=O) groups is 2. The molecule has 0 aromatic carbocycles. The Labute approximate surface area is 70.3 Å². The minimum atomic E-state index is -0.741. The first-order valence-corrected chi connectivity index (χ1v) is 3.36. The molecule has 1 unspecified atom stereocenters. The Hall–Kier alpha value is -1.57. The van der Waals surface area contributed by atoms with Crippen LogP contribution in [0.1, 0.15) is 6.92 Å². The van der Waals surface area contributed by atoms with E-state index in [1.807, 2.05) is 0 Å². The molecule has 0 saturated heterocycles. The smallest absolute Gasteiger partial charge is 0.325 e. The molecule has 0 fully saturated rings. The summed E-state index contributed by atoms with van der Waals surface area (Å²) in [6.45, 7) is 1.26. The van der Waals surface area contributed by atoms with Gasteiger partial charge < -0.3 is 10.1 Å². The molecule has 5 nitrogen and oxygen atoms in total. The van der Waals surface area contributed by atoms with E-state index in [4.69, 9.17) is 5.26 Å². The quantitative estimate of drug-likeness (QED) is 0.575. The molecule has 0 heterocycles. The van der Waals surface area contributed by atoms with Crippen molar-refractivity contribution in [3.05, 3.63) is 0 Å². The molecule has 0 aliphatic carbocycles. The maximum absolute atomic E-state index is 10.9. The minimum Gasteiger partial charge on any atom is -0.468 e. The van der Waals surface area contributed by atoms with E-state index >= 15 is 0 Å². The molecule has 5 heteroatoms. The summed E-state index contributed by atoms with van der Waals surface area (Å²) in [5.74, 6) is -1.74. The van der Waals surface area contributed by atoms with Crippen molar-refractivity contribution in [1.82, 2.24) is 5.32 Å². The van der Waals surface area contributed by atoms with Gasteiger partial charge in [-0.3, -0.25) is 9.59 Å². The molecule has 0 aromatic heterocycles. The van der Waals surface area contributed by atoms with Gasteiger partial charge in [0.1, 0.15) is 12.5 Å². The summed E-state index contributed by atoms with van der Waals surface area (Å²) in [5.41, 5.74) is 0. The van der Waals surface area contributed by atoms with E-state index < -0.39 is 17.8 Å². The monoisotopic (exact) mass is 170 g/mol. The fourth-order valence-corrected chi connectivity index (χ4v) is 0.443. The highest BCUT2D eigenvalue weighted by atomic mass is 16.5. The Bertz CT molecular complexity index is 219. The number of amides is 1. The second kappa shape index (κ2) is 5.13. The molecule has 0 radical (unpaired) electrons. The summed E-state index contributed by atoms with van der Waals surface area (Å²) in [6, 6.07) is 1.74. The molecule has 1 amide bonds. The van der Waals surface area contributed by atoms with E-state index in [1.54, 1.807) is 6.07 Å². The first-order valence-electron chi connectivity index (χ1n) is 3.36. The van der Waals surface area contributed by atoms with Crippen molar-refractivity contribution in [2.24, 2.45) is 5.92 Å². The first-order chi connectivity index (χ1) is 5.61. The Morgan fingerprint density at radius 3 is 2.67 bits per heavy atom. The van der Waals surface area contributed by atoms with Gasteiger partial charge in [0, 0.05) is 0 Å². The van der Waals surface area contributed by atoms with Gasteiger partial charge in [0.05, 0.1) is 13.2 Å². The topological polar surface area (TPSA) is 79.2 Å². The van der Waals surface area contributed by atoms with Crippen LogP contribution < -0.4 is 5.32 Å². The van der Waals surface area contributed by atoms with Crippen LogP contribution >= 0.6 is 0 Å². The molecule has 0 aliphatic heterocycles. The van der Waals surface area contributed by atoms with Crippen LogP contribution in [0.15, 0.2) is 0 Å². The van der Waals surface area contributed by atoms with Gasteiger partial charge in [-0.25, -0.2) is 0 Å². The third-order valence-corrected chi connectivity index (χ3v) is 1.22. The number of hydrogen-bond acceptors (Lipinski definition) is 4. The minimum absolute atomic E-state index is 0.193. The highest BCUT2D eigenvalue weighted by Gasteiger charge is 2.12. The maximum Gasteiger partial charge on any atom is 0.325 e. The van der Waals surface area contributed by atoms with E-state index in [0.717, 1.165) is 0 Å². The van der Waals surface area contributed by atoms with Crippen molar-refractivity contribution in [2.75, 3.05) is 13.7 Å². The fourth-order valence-electron chi connectivity index (χ4n) is 0.443. The van der Waals surface area contributed by atoms with Crippen LogP contribution in [0, 0.1) is 17.2 Å². The Morgan fingerprint density at radius 1 is 1.67 bits per heavy atom. The summed E-state index contributed by atoms with van der Waals surface area (Å²) in [4.78, 5) is 21.4. The number of rotatable bonds is 3. The first kappa shape index (κ1) is 10.4. The standard InChI is InChI=1S/C7H10N2O3/c1-5(3-8)7(11)9-4-6(10)12-2/h5H,4H2,1-2H3,(H,9,11). The molecule has 1 atom stereocenters. The molecule has 0 spiro atoms.